The van der Waals surface area contributed by atoms with Gasteiger partial charge in [0, 0.05) is 43.5 Å². The van der Waals surface area contributed by atoms with Crippen LogP contribution < -0.4 is 20.1 Å². The molecule has 10 nitrogen and oxygen atoms in total. The van der Waals surface area contributed by atoms with Gasteiger partial charge in [-0.15, -0.1) is 11.3 Å². The van der Waals surface area contributed by atoms with Crippen LogP contribution in [0.4, 0.5) is 24.0 Å². The fraction of sp³-hybridized carbons (Fsp3) is 0.485. The lowest BCUT2D eigenvalue weighted by Crippen LogP contribution is -2.46. The van der Waals surface area contributed by atoms with E-state index in [1.807, 2.05) is 11.0 Å². The highest BCUT2D eigenvalue weighted by Crippen LogP contribution is 2.51. The monoisotopic (exact) mass is 700 g/mol. The predicted molar refractivity (Wildman–Crippen MR) is 176 cm³/mol. The molecule has 4 atom stereocenters. The van der Waals surface area contributed by atoms with Crippen LogP contribution in [0.25, 0.3) is 32.1 Å². The highest BCUT2D eigenvalue weighted by atomic mass is 35.5. The molecule has 4 aliphatic heterocycles. The summed E-state index contributed by atoms with van der Waals surface area (Å²) in [6.07, 6.45) is 1.08. The minimum Gasteiger partial charge on any atom is -0.491 e. The van der Waals surface area contributed by atoms with E-state index in [-0.39, 0.29) is 84.6 Å². The van der Waals surface area contributed by atoms with Crippen molar-refractivity contribution in [3.63, 3.8) is 0 Å². The molecule has 2 N–H and O–H groups in total. The molecule has 48 heavy (non-hydrogen) atoms. The summed E-state index contributed by atoms with van der Waals surface area (Å²) in [6, 6.07) is 4.35. The smallest absolute Gasteiger partial charge is 0.319 e. The first-order valence-corrected chi connectivity index (χ1v) is 17.1. The highest BCUT2D eigenvalue weighted by Gasteiger charge is 2.49. The molecule has 0 saturated carbocycles. The van der Waals surface area contributed by atoms with E-state index in [9.17, 15) is 9.65 Å². The molecular weight excluding hydrogens is 669 g/mol. The first-order chi connectivity index (χ1) is 23.2. The van der Waals surface area contributed by atoms with Crippen molar-refractivity contribution < 1.29 is 32.1 Å². The Morgan fingerprint density at radius 3 is 2.90 bits per heavy atom. The molecule has 4 aromatic rings. The Hall–Kier alpha value is -3.61. The van der Waals surface area contributed by atoms with Gasteiger partial charge in [-0.05, 0) is 31.0 Å². The largest absolute Gasteiger partial charge is 0.491 e. The SMILES string of the molecule is COCCN1c2nc(OC[C@@]34CCCN3C[C@H](F)C4)nc3c(F)c(-c4ccc(F)c5sc(N)c(C#N)c45)c(Cl)c(c23)OCC2COCC21. The number of aromatic nitrogens is 2. The molecule has 252 valence electrons. The zero-order valence-electron chi connectivity index (χ0n) is 26.0. The topological polar surface area (TPSA) is 119 Å². The van der Waals surface area contributed by atoms with Crippen molar-refractivity contribution in [2.75, 3.05) is 70.4 Å². The van der Waals surface area contributed by atoms with Gasteiger partial charge in [0.05, 0.1) is 58.7 Å². The van der Waals surface area contributed by atoms with E-state index in [0.29, 0.717) is 45.1 Å². The highest BCUT2D eigenvalue weighted by molar-refractivity contribution is 7.23. The summed E-state index contributed by atoms with van der Waals surface area (Å²) < 4.78 is 71.0. The van der Waals surface area contributed by atoms with Crippen molar-refractivity contribution in [3.05, 3.63) is 34.4 Å². The number of halogens is 4. The molecule has 0 amide bonds. The van der Waals surface area contributed by atoms with E-state index in [0.717, 1.165) is 30.7 Å². The molecule has 4 aliphatic rings. The predicted octanol–water partition coefficient (Wildman–Crippen LogP) is 5.71. The number of rotatable bonds is 7. The third-order valence-electron chi connectivity index (χ3n) is 10.2. The van der Waals surface area contributed by atoms with Crippen molar-refractivity contribution in [1.29, 1.82) is 5.26 Å². The standard InChI is InChI=1S/C33H32ClF3N6O4S/c1-44-8-7-43-21-14-45-12-16(21)13-46-28-24-27(40-32(41-31(24)43)47-15-33-5-2-6-42(33)11-17(35)9-33)26(37)23(25(28)34)18-3-4-20(36)29-22(18)19(10-38)30(39)48-29/h3-4,16-17,21H,2,5-9,11-15,39H2,1H3/t16?,17-,21?,33+/m1/s1. The van der Waals surface area contributed by atoms with E-state index < -0.39 is 23.3 Å². The number of hydrogen-bond donors (Lipinski definition) is 1. The third-order valence-corrected chi connectivity index (χ3v) is 11.6. The van der Waals surface area contributed by atoms with E-state index >= 15 is 8.78 Å². The zero-order valence-corrected chi connectivity index (χ0v) is 27.6. The second kappa shape index (κ2) is 12.1. The lowest BCUT2D eigenvalue weighted by atomic mass is 9.95. The molecule has 0 aliphatic carbocycles. The first kappa shape index (κ1) is 31.6. The van der Waals surface area contributed by atoms with Crippen molar-refractivity contribution in [2.24, 2.45) is 5.92 Å². The van der Waals surface area contributed by atoms with E-state index in [4.69, 9.17) is 41.3 Å². The summed E-state index contributed by atoms with van der Waals surface area (Å²) in [5, 5.41) is 10.4. The van der Waals surface area contributed by atoms with Gasteiger partial charge < -0.3 is 29.6 Å². The van der Waals surface area contributed by atoms with Gasteiger partial charge in [0.2, 0.25) is 0 Å². The Balaban J connectivity index is 1.37. The van der Waals surface area contributed by atoms with Crippen LogP contribution in [-0.4, -0.2) is 92.4 Å². The van der Waals surface area contributed by atoms with Crippen LogP contribution in [0, 0.1) is 28.9 Å². The van der Waals surface area contributed by atoms with E-state index in [2.05, 4.69) is 9.88 Å². The molecule has 15 heteroatoms. The molecule has 6 heterocycles. The summed E-state index contributed by atoms with van der Waals surface area (Å²) in [5.74, 6) is -1.02. The van der Waals surface area contributed by atoms with Crippen LogP contribution >= 0.6 is 22.9 Å². The fourth-order valence-corrected chi connectivity index (χ4v) is 9.22. The molecule has 8 rings (SSSR count). The van der Waals surface area contributed by atoms with Gasteiger partial charge in [0.1, 0.15) is 41.0 Å². The lowest BCUT2D eigenvalue weighted by Gasteiger charge is -2.36. The normalized spacial score (nSPS) is 25.2. The van der Waals surface area contributed by atoms with Gasteiger partial charge in [-0.3, -0.25) is 4.90 Å². The second-order valence-electron chi connectivity index (χ2n) is 12.9. The first-order valence-electron chi connectivity index (χ1n) is 15.9. The number of anilines is 2. The van der Waals surface area contributed by atoms with Crippen LogP contribution in [0.15, 0.2) is 12.1 Å². The van der Waals surface area contributed by atoms with Crippen LogP contribution in [0.1, 0.15) is 24.8 Å². The fourth-order valence-electron chi connectivity index (χ4n) is 7.94. The Morgan fingerprint density at radius 1 is 1.23 bits per heavy atom. The molecular formula is C33H32ClF3N6O4S. The lowest BCUT2D eigenvalue weighted by molar-refractivity contribution is 0.107. The number of hydrogen-bond acceptors (Lipinski definition) is 11. The summed E-state index contributed by atoms with van der Waals surface area (Å²) in [4.78, 5) is 13.6. The number of ether oxygens (including phenoxy) is 4. The van der Waals surface area contributed by atoms with Crippen molar-refractivity contribution in [2.45, 2.75) is 37.0 Å². The number of benzene rings is 2. The van der Waals surface area contributed by atoms with Crippen molar-refractivity contribution >= 4 is 54.7 Å². The van der Waals surface area contributed by atoms with Crippen LogP contribution in [-0.2, 0) is 9.47 Å². The summed E-state index contributed by atoms with van der Waals surface area (Å²) in [6.45, 7) is 3.03. The number of alkyl halides is 1. The summed E-state index contributed by atoms with van der Waals surface area (Å²) in [5.41, 5.74) is 5.57. The molecule has 0 spiro atoms. The quantitative estimate of drug-likeness (QED) is 0.257. The van der Waals surface area contributed by atoms with Gasteiger partial charge in [0.15, 0.2) is 11.6 Å². The van der Waals surface area contributed by atoms with Gasteiger partial charge in [0.25, 0.3) is 0 Å². The Bertz CT molecular complexity index is 1990. The summed E-state index contributed by atoms with van der Waals surface area (Å²) >= 11 is 7.99. The van der Waals surface area contributed by atoms with Crippen LogP contribution in [0.5, 0.6) is 11.8 Å². The number of nitriles is 1. The molecule has 0 bridgehead atoms. The van der Waals surface area contributed by atoms with E-state index in [1.165, 1.54) is 12.1 Å². The number of fused-ring (bicyclic) bond motifs is 3. The number of methoxy groups -OCH3 is 1. The van der Waals surface area contributed by atoms with Gasteiger partial charge in [-0.25, -0.2) is 13.2 Å². The number of thiophene rings is 1. The van der Waals surface area contributed by atoms with Gasteiger partial charge in [-0.1, -0.05) is 17.7 Å². The molecule has 3 fully saturated rings. The minimum atomic E-state index is -0.956. The van der Waals surface area contributed by atoms with Crippen LogP contribution in [0.2, 0.25) is 5.02 Å². The maximum atomic E-state index is 17.3. The maximum Gasteiger partial charge on any atom is 0.319 e. The molecule has 0 radical (unpaired) electrons. The molecule has 2 aromatic carbocycles. The maximum absolute atomic E-state index is 17.3. The average molecular weight is 701 g/mol. The summed E-state index contributed by atoms with van der Waals surface area (Å²) in [7, 11) is 1.60. The van der Waals surface area contributed by atoms with Gasteiger partial charge >= 0.3 is 6.01 Å². The minimum absolute atomic E-state index is 0.0239. The molecule has 2 aromatic heterocycles. The third kappa shape index (κ3) is 4.85. The Labute approximate surface area is 283 Å². The average Bonchev–Trinajstić information content (AvgIpc) is 3.83. The number of nitrogens with zero attached hydrogens (tertiary/aromatic N) is 5. The Morgan fingerprint density at radius 2 is 2.08 bits per heavy atom. The van der Waals surface area contributed by atoms with E-state index in [1.54, 1.807) is 7.11 Å². The second-order valence-corrected chi connectivity index (χ2v) is 14.3. The van der Waals surface area contributed by atoms with Crippen molar-refractivity contribution in [3.8, 4) is 29.0 Å². The molecule has 3 saturated heterocycles. The van der Waals surface area contributed by atoms with Crippen LogP contribution in [0.3, 0.4) is 0 Å². The molecule has 2 unspecified atom stereocenters. The number of nitrogens with two attached hydrogens (primary N) is 1. The van der Waals surface area contributed by atoms with Crippen molar-refractivity contribution in [1.82, 2.24) is 14.9 Å². The Kier molecular flexibility index (Phi) is 7.95. The zero-order chi connectivity index (χ0) is 33.3. The van der Waals surface area contributed by atoms with Gasteiger partial charge in [-0.2, -0.15) is 15.2 Å². The number of nitrogen functional groups attached to an aromatic ring is 1.